The lowest BCUT2D eigenvalue weighted by Crippen LogP contribution is -2.44. The van der Waals surface area contributed by atoms with Crippen LogP contribution in [0.4, 0.5) is 4.39 Å². The molecule has 1 unspecified atom stereocenters. The fraction of sp³-hybridized carbons (Fsp3) is 0.562. The fourth-order valence-corrected chi connectivity index (χ4v) is 2.58. The van der Waals surface area contributed by atoms with E-state index in [4.69, 9.17) is 4.74 Å². The molecule has 0 spiro atoms. The zero-order valence-electron chi connectivity index (χ0n) is 11.6. The van der Waals surface area contributed by atoms with Crippen molar-refractivity contribution in [2.75, 3.05) is 0 Å². The summed E-state index contributed by atoms with van der Waals surface area (Å²) in [5, 5.41) is 3.13. The van der Waals surface area contributed by atoms with Gasteiger partial charge in [0.25, 0.3) is 5.91 Å². The van der Waals surface area contributed by atoms with Crippen molar-refractivity contribution in [3.8, 4) is 5.75 Å². The number of halogens is 1. The van der Waals surface area contributed by atoms with Gasteiger partial charge in [0.1, 0.15) is 11.6 Å². The Balaban J connectivity index is 1.54. The third-order valence-electron chi connectivity index (χ3n) is 4.06. The molecule has 20 heavy (non-hydrogen) atoms. The highest BCUT2D eigenvalue weighted by atomic mass is 19.1. The second-order valence-corrected chi connectivity index (χ2v) is 5.92. The van der Waals surface area contributed by atoms with Gasteiger partial charge in [-0.3, -0.25) is 4.79 Å². The van der Waals surface area contributed by atoms with Crippen molar-refractivity contribution in [1.82, 2.24) is 5.32 Å². The molecule has 0 bridgehead atoms. The first-order valence-electron chi connectivity index (χ1n) is 7.36. The van der Waals surface area contributed by atoms with Crippen LogP contribution in [0.3, 0.4) is 0 Å². The van der Waals surface area contributed by atoms with Crippen molar-refractivity contribution < 1.29 is 13.9 Å². The van der Waals surface area contributed by atoms with Gasteiger partial charge in [0.2, 0.25) is 0 Å². The molecule has 3 nitrogen and oxygen atoms in total. The molecule has 1 atom stereocenters. The van der Waals surface area contributed by atoms with Gasteiger partial charge in [-0.25, -0.2) is 4.39 Å². The number of nitrogens with one attached hydrogen (secondary N) is 1. The summed E-state index contributed by atoms with van der Waals surface area (Å²) in [6.45, 7) is 1.73. The number of rotatable bonds is 6. The molecule has 4 heteroatoms. The zero-order chi connectivity index (χ0) is 14.1. The van der Waals surface area contributed by atoms with Gasteiger partial charge >= 0.3 is 0 Å². The van der Waals surface area contributed by atoms with E-state index in [9.17, 15) is 9.18 Å². The molecule has 1 N–H and O–H groups in total. The van der Waals surface area contributed by atoms with E-state index in [1.54, 1.807) is 19.1 Å². The maximum absolute atomic E-state index is 12.8. The predicted octanol–water partition coefficient (Wildman–Crippen LogP) is 2.90. The average Bonchev–Trinajstić information content (AvgIpc) is 3.29. The first kappa shape index (κ1) is 13.4. The highest BCUT2D eigenvalue weighted by molar-refractivity contribution is 5.81. The normalized spacial score (nSPS) is 19.8. The standard InChI is InChI=1S/C16H20FNO2/c1-10(20-14-8-6-13(17)7-9-14)16(19)18-15(11-2-3-11)12-4-5-12/h6-12,15H,2-5H2,1H3,(H,18,19). The van der Waals surface area contributed by atoms with Gasteiger partial charge in [-0.15, -0.1) is 0 Å². The van der Waals surface area contributed by atoms with E-state index in [2.05, 4.69) is 5.32 Å². The molecule has 2 saturated carbocycles. The van der Waals surface area contributed by atoms with Gasteiger partial charge in [-0.05, 0) is 68.7 Å². The fourth-order valence-electron chi connectivity index (χ4n) is 2.58. The third kappa shape index (κ3) is 3.30. The molecule has 3 rings (SSSR count). The highest BCUT2D eigenvalue weighted by Crippen LogP contribution is 2.44. The van der Waals surface area contributed by atoms with E-state index >= 15 is 0 Å². The van der Waals surface area contributed by atoms with E-state index in [0.717, 1.165) is 0 Å². The van der Waals surface area contributed by atoms with Crippen molar-refractivity contribution in [1.29, 1.82) is 0 Å². The molecule has 1 aromatic carbocycles. The van der Waals surface area contributed by atoms with Crippen LogP contribution in [0.25, 0.3) is 0 Å². The van der Waals surface area contributed by atoms with Crippen LogP contribution in [0.2, 0.25) is 0 Å². The van der Waals surface area contributed by atoms with Gasteiger partial charge in [-0.1, -0.05) is 0 Å². The molecule has 2 aliphatic carbocycles. The van der Waals surface area contributed by atoms with Crippen molar-refractivity contribution in [2.24, 2.45) is 11.8 Å². The van der Waals surface area contributed by atoms with Gasteiger partial charge in [0.05, 0.1) is 0 Å². The Morgan fingerprint density at radius 2 is 1.75 bits per heavy atom. The summed E-state index contributed by atoms with van der Waals surface area (Å²) in [4.78, 5) is 12.2. The highest BCUT2D eigenvalue weighted by Gasteiger charge is 2.42. The minimum Gasteiger partial charge on any atom is -0.481 e. The Morgan fingerprint density at radius 3 is 2.25 bits per heavy atom. The first-order valence-corrected chi connectivity index (χ1v) is 7.36. The second-order valence-electron chi connectivity index (χ2n) is 5.92. The summed E-state index contributed by atoms with van der Waals surface area (Å²) in [5.74, 6) is 1.48. The number of amides is 1. The lowest BCUT2D eigenvalue weighted by Gasteiger charge is -2.21. The number of carbonyl (C=O) groups is 1. The van der Waals surface area contributed by atoms with Crippen molar-refractivity contribution in [3.63, 3.8) is 0 Å². The van der Waals surface area contributed by atoms with Crippen LogP contribution in [0.15, 0.2) is 24.3 Å². The number of hydrogen-bond acceptors (Lipinski definition) is 2. The molecule has 0 saturated heterocycles. The monoisotopic (exact) mass is 277 g/mol. The summed E-state index contributed by atoms with van der Waals surface area (Å²) >= 11 is 0. The van der Waals surface area contributed by atoms with Crippen LogP contribution >= 0.6 is 0 Å². The molecular formula is C16H20FNO2. The lowest BCUT2D eigenvalue weighted by molar-refractivity contribution is -0.128. The van der Waals surface area contributed by atoms with Crippen LogP contribution in [-0.2, 0) is 4.79 Å². The summed E-state index contributed by atoms with van der Waals surface area (Å²) in [7, 11) is 0. The van der Waals surface area contributed by atoms with E-state index in [0.29, 0.717) is 23.6 Å². The Kier molecular flexibility index (Phi) is 3.64. The van der Waals surface area contributed by atoms with Crippen molar-refractivity contribution in [3.05, 3.63) is 30.1 Å². The van der Waals surface area contributed by atoms with E-state index in [1.807, 2.05) is 0 Å². The smallest absolute Gasteiger partial charge is 0.261 e. The molecule has 2 aliphatic rings. The van der Waals surface area contributed by atoms with Crippen LogP contribution in [0.1, 0.15) is 32.6 Å². The molecule has 0 radical (unpaired) electrons. The molecule has 0 aliphatic heterocycles. The maximum atomic E-state index is 12.8. The van der Waals surface area contributed by atoms with Crippen LogP contribution in [0.5, 0.6) is 5.75 Å². The Labute approximate surface area is 118 Å². The molecule has 0 aromatic heterocycles. The number of hydrogen-bond donors (Lipinski definition) is 1. The Bertz CT molecular complexity index is 468. The van der Waals surface area contributed by atoms with Crippen LogP contribution < -0.4 is 10.1 Å². The Hall–Kier alpha value is -1.58. The average molecular weight is 277 g/mol. The van der Waals surface area contributed by atoms with E-state index < -0.39 is 6.10 Å². The van der Waals surface area contributed by atoms with Crippen LogP contribution in [-0.4, -0.2) is 18.1 Å². The van der Waals surface area contributed by atoms with Crippen molar-refractivity contribution >= 4 is 5.91 Å². The van der Waals surface area contributed by atoms with Gasteiger partial charge < -0.3 is 10.1 Å². The zero-order valence-corrected chi connectivity index (χ0v) is 11.6. The van der Waals surface area contributed by atoms with Gasteiger partial charge in [0.15, 0.2) is 6.10 Å². The van der Waals surface area contributed by atoms with Gasteiger partial charge in [0, 0.05) is 6.04 Å². The van der Waals surface area contributed by atoms with E-state index in [-0.39, 0.29) is 11.7 Å². The predicted molar refractivity (Wildman–Crippen MR) is 73.9 cm³/mol. The topological polar surface area (TPSA) is 38.3 Å². The molecule has 1 amide bonds. The molecular weight excluding hydrogens is 257 g/mol. The van der Waals surface area contributed by atoms with Gasteiger partial charge in [-0.2, -0.15) is 0 Å². The summed E-state index contributed by atoms with van der Waals surface area (Å²) in [6, 6.07) is 6.08. The quantitative estimate of drug-likeness (QED) is 0.868. The number of benzene rings is 1. The number of ether oxygens (including phenoxy) is 1. The summed E-state index contributed by atoms with van der Waals surface area (Å²) in [6.07, 6.45) is 4.37. The molecule has 1 aromatic rings. The van der Waals surface area contributed by atoms with Crippen molar-refractivity contribution in [2.45, 2.75) is 44.8 Å². The summed E-state index contributed by atoms with van der Waals surface area (Å²) in [5.41, 5.74) is 0. The molecule has 2 fully saturated rings. The molecule has 0 heterocycles. The first-order chi connectivity index (χ1) is 9.63. The Morgan fingerprint density at radius 1 is 1.20 bits per heavy atom. The summed E-state index contributed by atoms with van der Waals surface area (Å²) < 4.78 is 18.4. The number of carbonyl (C=O) groups excluding carboxylic acids is 1. The SMILES string of the molecule is CC(Oc1ccc(F)cc1)C(=O)NC(C1CC1)C1CC1. The molecule has 108 valence electrons. The largest absolute Gasteiger partial charge is 0.481 e. The second kappa shape index (κ2) is 5.43. The third-order valence-corrected chi connectivity index (χ3v) is 4.06. The van der Waals surface area contributed by atoms with Crippen LogP contribution in [0, 0.1) is 17.7 Å². The lowest BCUT2D eigenvalue weighted by atomic mass is 10.1. The van der Waals surface area contributed by atoms with E-state index in [1.165, 1.54) is 37.8 Å². The minimum atomic E-state index is -0.555. The maximum Gasteiger partial charge on any atom is 0.261 e. The minimum absolute atomic E-state index is 0.0712.